The molecule has 0 aliphatic carbocycles. The van der Waals surface area contributed by atoms with E-state index in [0.29, 0.717) is 19.4 Å². The second kappa shape index (κ2) is 5.11. The molecule has 0 aromatic heterocycles. The Balaban J connectivity index is 2.32. The Morgan fingerprint density at radius 1 is 1.32 bits per heavy atom. The molecule has 0 spiro atoms. The van der Waals surface area contributed by atoms with E-state index in [4.69, 9.17) is 5.26 Å². The van der Waals surface area contributed by atoms with E-state index in [9.17, 15) is 9.59 Å². The van der Waals surface area contributed by atoms with Crippen molar-refractivity contribution < 1.29 is 9.59 Å². The highest BCUT2D eigenvalue weighted by Gasteiger charge is 2.49. The summed E-state index contributed by atoms with van der Waals surface area (Å²) in [4.78, 5) is 25.5. The van der Waals surface area contributed by atoms with Crippen LogP contribution in [0.5, 0.6) is 0 Å². The van der Waals surface area contributed by atoms with Gasteiger partial charge in [0.25, 0.3) is 5.91 Å². The van der Waals surface area contributed by atoms with Crippen molar-refractivity contribution in [2.45, 2.75) is 25.3 Å². The van der Waals surface area contributed by atoms with Gasteiger partial charge in [-0.3, -0.25) is 10.1 Å². The number of nitriles is 1. The number of hydrogen-bond donors (Lipinski definition) is 1. The van der Waals surface area contributed by atoms with Crippen LogP contribution in [0.15, 0.2) is 30.3 Å². The Bertz CT molecular complexity index is 535. The van der Waals surface area contributed by atoms with E-state index < -0.39 is 11.6 Å². The molecule has 19 heavy (non-hydrogen) atoms. The second-order valence-corrected chi connectivity index (χ2v) is 4.61. The molecule has 1 saturated heterocycles. The molecule has 1 heterocycles. The summed E-state index contributed by atoms with van der Waals surface area (Å²) in [5.74, 6) is -0.319. The smallest absolute Gasteiger partial charge is 0.306 e. The number of amides is 3. The lowest BCUT2D eigenvalue weighted by molar-refractivity contribution is -0.126. The van der Waals surface area contributed by atoms with Crippen molar-refractivity contribution in [3.63, 3.8) is 0 Å². The van der Waals surface area contributed by atoms with Crippen LogP contribution in [0.3, 0.4) is 0 Å². The van der Waals surface area contributed by atoms with Gasteiger partial charge in [-0.2, -0.15) is 5.26 Å². The van der Waals surface area contributed by atoms with Crippen LogP contribution in [0.2, 0.25) is 0 Å². The summed E-state index contributed by atoms with van der Waals surface area (Å²) in [5.41, 5.74) is -0.219. The lowest BCUT2D eigenvalue weighted by atomic mass is 9.90. The standard InChI is InChI=1S/C14H15N3O2/c1-14(11-7-3-2-4-8-11)12(18)16-13(19)17(14)10-6-5-9-15/h2-4,7-8H,5-6,10H2,1H3,(H,16,18,19). The summed E-state index contributed by atoms with van der Waals surface area (Å²) in [6.45, 7) is 2.12. The van der Waals surface area contributed by atoms with Gasteiger partial charge >= 0.3 is 6.03 Å². The molecular weight excluding hydrogens is 242 g/mol. The normalized spacial score (nSPS) is 22.2. The van der Waals surface area contributed by atoms with E-state index in [1.54, 1.807) is 6.92 Å². The summed E-state index contributed by atoms with van der Waals surface area (Å²) in [6.07, 6.45) is 0.919. The third kappa shape index (κ3) is 2.17. The van der Waals surface area contributed by atoms with E-state index in [1.165, 1.54) is 4.90 Å². The van der Waals surface area contributed by atoms with Gasteiger partial charge in [0.05, 0.1) is 6.07 Å². The largest absolute Gasteiger partial charge is 0.325 e. The maximum absolute atomic E-state index is 12.1. The molecule has 1 aliphatic rings. The molecule has 2 rings (SSSR count). The first-order valence-electron chi connectivity index (χ1n) is 6.16. The lowest BCUT2D eigenvalue weighted by Crippen LogP contribution is -2.44. The van der Waals surface area contributed by atoms with E-state index in [1.807, 2.05) is 36.4 Å². The van der Waals surface area contributed by atoms with Crippen molar-refractivity contribution in [3.8, 4) is 6.07 Å². The van der Waals surface area contributed by atoms with Crippen LogP contribution < -0.4 is 5.32 Å². The topological polar surface area (TPSA) is 73.2 Å². The molecule has 1 aromatic rings. The van der Waals surface area contributed by atoms with E-state index >= 15 is 0 Å². The summed E-state index contributed by atoms with van der Waals surface area (Å²) in [6, 6.07) is 10.8. The van der Waals surface area contributed by atoms with Gasteiger partial charge in [-0.1, -0.05) is 30.3 Å². The van der Waals surface area contributed by atoms with Crippen LogP contribution in [0.25, 0.3) is 0 Å². The molecule has 1 fully saturated rings. The molecule has 0 saturated carbocycles. The number of urea groups is 1. The number of benzene rings is 1. The summed E-state index contributed by atoms with van der Waals surface area (Å²) in [7, 11) is 0. The minimum Gasteiger partial charge on any atom is -0.306 e. The fourth-order valence-corrected chi connectivity index (χ4v) is 2.30. The Morgan fingerprint density at radius 3 is 2.63 bits per heavy atom. The fraction of sp³-hybridized carbons (Fsp3) is 0.357. The molecular formula is C14H15N3O2. The maximum Gasteiger partial charge on any atom is 0.325 e. The first-order chi connectivity index (χ1) is 9.10. The molecule has 98 valence electrons. The molecule has 3 amide bonds. The summed E-state index contributed by atoms with van der Waals surface area (Å²) >= 11 is 0. The molecule has 0 bridgehead atoms. The number of rotatable bonds is 4. The Hall–Kier alpha value is -2.35. The van der Waals surface area contributed by atoms with Gasteiger partial charge in [0.2, 0.25) is 0 Å². The van der Waals surface area contributed by atoms with Gasteiger partial charge < -0.3 is 4.90 Å². The van der Waals surface area contributed by atoms with Crippen molar-refractivity contribution in [2.24, 2.45) is 0 Å². The first-order valence-corrected chi connectivity index (χ1v) is 6.16. The zero-order chi connectivity index (χ0) is 13.9. The fourth-order valence-electron chi connectivity index (χ4n) is 2.30. The number of unbranched alkanes of at least 4 members (excludes halogenated alkanes) is 1. The second-order valence-electron chi connectivity index (χ2n) is 4.61. The Labute approximate surface area is 111 Å². The molecule has 1 unspecified atom stereocenters. The zero-order valence-electron chi connectivity index (χ0n) is 10.7. The molecule has 5 heteroatoms. The minimum atomic E-state index is -0.992. The molecule has 1 N–H and O–H groups in total. The van der Waals surface area contributed by atoms with Crippen LogP contribution in [-0.4, -0.2) is 23.4 Å². The highest BCUT2D eigenvalue weighted by atomic mass is 16.2. The van der Waals surface area contributed by atoms with Crippen LogP contribution >= 0.6 is 0 Å². The zero-order valence-corrected chi connectivity index (χ0v) is 10.7. The van der Waals surface area contributed by atoms with Crippen molar-refractivity contribution in [3.05, 3.63) is 35.9 Å². The van der Waals surface area contributed by atoms with Crippen LogP contribution in [0.4, 0.5) is 4.79 Å². The number of nitrogens with one attached hydrogen (secondary N) is 1. The van der Waals surface area contributed by atoms with Gasteiger partial charge in [0.1, 0.15) is 5.54 Å². The van der Waals surface area contributed by atoms with Gasteiger partial charge in [-0.15, -0.1) is 0 Å². The highest BCUT2D eigenvalue weighted by Crippen LogP contribution is 2.32. The number of nitrogens with zero attached hydrogens (tertiary/aromatic N) is 2. The van der Waals surface area contributed by atoms with Crippen LogP contribution in [0.1, 0.15) is 25.3 Å². The van der Waals surface area contributed by atoms with E-state index in [0.717, 1.165) is 5.56 Å². The Kier molecular flexibility index (Phi) is 3.52. The SMILES string of the molecule is CC1(c2ccccc2)C(=O)NC(=O)N1CCCC#N. The first kappa shape index (κ1) is 13.1. The van der Waals surface area contributed by atoms with Crippen molar-refractivity contribution in [2.75, 3.05) is 6.54 Å². The molecule has 1 aliphatic heterocycles. The highest BCUT2D eigenvalue weighted by molar-refractivity contribution is 6.07. The molecule has 1 atom stereocenters. The third-order valence-electron chi connectivity index (χ3n) is 3.45. The predicted octanol–water partition coefficient (Wildman–Crippen LogP) is 1.76. The Morgan fingerprint density at radius 2 is 2.00 bits per heavy atom. The van der Waals surface area contributed by atoms with Crippen LogP contribution in [0, 0.1) is 11.3 Å². The monoisotopic (exact) mass is 257 g/mol. The van der Waals surface area contributed by atoms with Gasteiger partial charge in [0, 0.05) is 13.0 Å². The van der Waals surface area contributed by atoms with Crippen molar-refractivity contribution >= 4 is 11.9 Å². The predicted molar refractivity (Wildman–Crippen MR) is 68.9 cm³/mol. The molecule has 0 radical (unpaired) electrons. The van der Waals surface area contributed by atoms with Gasteiger partial charge in [-0.05, 0) is 18.9 Å². The number of carbonyl (C=O) groups is 2. The van der Waals surface area contributed by atoms with Gasteiger partial charge in [0.15, 0.2) is 0 Å². The summed E-state index contributed by atoms with van der Waals surface area (Å²) in [5, 5.41) is 10.9. The minimum absolute atomic E-state index is 0.319. The number of imide groups is 1. The number of carbonyl (C=O) groups excluding carboxylic acids is 2. The van der Waals surface area contributed by atoms with Gasteiger partial charge in [-0.25, -0.2) is 4.79 Å². The molecule has 5 nitrogen and oxygen atoms in total. The third-order valence-corrected chi connectivity index (χ3v) is 3.45. The maximum atomic E-state index is 12.1. The summed E-state index contributed by atoms with van der Waals surface area (Å²) < 4.78 is 0. The van der Waals surface area contributed by atoms with Crippen molar-refractivity contribution in [1.82, 2.24) is 10.2 Å². The van der Waals surface area contributed by atoms with E-state index in [2.05, 4.69) is 5.32 Å². The van der Waals surface area contributed by atoms with Crippen molar-refractivity contribution in [1.29, 1.82) is 5.26 Å². The number of hydrogen-bond acceptors (Lipinski definition) is 3. The quantitative estimate of drug-likeness (QED) is 0.659. The average molecular weight is 257 g/mol. The average Bonchev–Trinajstić information content (AvgIpc) is 2.64. The lowest BCUT2D eigenvalue weighted by Gasteiger charge is -2.32. The van der Waals surface area contributed by atoms with E-state index in [-0.39, 0.29) is 5.91 Å². The van der Waals surface area contributed by atoms with Crippen LogP contribution in [-0.2, 0) is 10.3 Å². The molecule has 1 aromatic carbocycles.